The lowest BCUT2D eigenvalue weighted by Gasteiger charge is -2.07. The summed E-state index contributed by atoms with van der Waals surface area (Å²) < 4.78 is 1.17. The maximum absolute atomic E-state index is 12.5. The van der Waals surface area contributed by atoms with Gasteiger partial charge in [0.15, 0.2) is 0 Å². The number of aromatic amines is 2. The van der Waals surface area contributed by atoms with Crippen molar-refractivity contribution in [3.63, 3.8) is 0 Å². The maximum Gasteiger partial charge on any atom is 0.272 e. The van der Waals surface area contributed by atoms with E-state index in [1.807, 2.05) is 26.2 Å². The standard InChI is InChI=1S/C22H24N4O3S2/c1-14(27)23-16-6-4-15(5-7-16)12-18-21(28)25-19(22(29)24-18)13-17-8-9-20(31-17)30-11-10-26(2)3/h4-9,12-13H,10-11H2,1-3H3,(H,23,27)(H,24,29)(H,25,28)/b18-12-,19-13-. The lowest BCUT2D eigenvalue weighted by atomic mass is 10.2. The zero-order chi connectivity index (χ0) is 22.4. The number of benzene rings is 1. The number of carbonyl (C=O) groups excluding carboxylic acids is 1. The number of thiophene rings is 1. The van der Waals surface area contributed by atoms with E-state index in [-0.39, 0.29) is 27.7 Å². The second kappa shape index (κ2) is 10.4. The summed E-state index contributed by atoms with van der Waals surface area (Å²) >= 11 is 3.35. The molecule has 7 nitrogen and oxygen atoms in total. The predicted molar refractivity (Wildman–Crippen MR) is 128 cm³/mol. The molecule has 0 atom stereocenters. The van der Waals surface area contributed by atoms with E-state index in [4.69, 9.17) is 0 Å². The molecule has 3 rings (SSSR count). The lowest BCUT2D eigenvalue weighted by Crippen LogP contribution is -2.46. The number of carbonyl (C=O) groups is 1. The highest BCUT2D eigenvalue weighted by Crippen LogP contribution is 2.27. The molecule has 2 heterocycles. The fourth-order valence-corrected chi connectivity index (χ4v) is 4.97. The number of nitrogens with zero attached hydrogens (tertiary/aromatic N) is 1. The molecule has 0 spiro atoms. The molecule has 0 fully saturated rings. The van der Waals surface area contributed by atoms with Crippen LogP contribution in [0.5, 0.6) is 0 Å². The summed E-state index contributed by atoms with van der Waals surface area (Å²) in [5, 5.41) is 3.06. The van der Waals surface area contributed by atoms with Gasteiger partial charge in [-0.15, -0.1) is 23.1 Å². The van der Waals surface area contributed by atoms with Crippen molar-refractivity contribution >= 4 is 46.8 Å². The first-order chi connectivity index (χ1) is 14.8. The number of hydrogen-bond donors (Lipinski definition) is 3. The van der Waals surface area contributed by atoms with E-state index in [9.17, 15) is 14.4 Å². The summed E-state index contributed by atoms with van der Waals surface area (Å²) in [6.45, 7) is 2.42. The number of nitrogens with one attached hydrogen (secondary N) is 3. The third-order valence-corrected chi connectivity index (χ3v) is 6.44. The Labute approximate surface area is 187 Å². The van der Waals surface area contributed by atoms with Crippen LogP contribution in [-0.2, 0) is 4.79 Å². The minimum atomic E-state index is -0.381. The van der Waals surface area contributed by atoms with Crippen LogP contribution in [0, 0.1) is 0 Å². The molecule has 162 valence electrons. The van der Waals surface area contributed by atoms with Crippen LogP contribution in [0.4, 0.5) is 5.69 Å². The Morgan fingerprint density at radius 3 is 2.29 bits per heavy atom. The summed E-state index contributed by atoms with van der Waals surface area (Å²) in [6, 6.07) is 10.9. The molecule has 31 heavy (non-hydrogen) atoms. The highest BCUT2D eigenvalue weighted by Gasteiger charge is 2.02. The first-order valence-corrected chi connectivity index (χ1v) is 11.4. The van der Waals surface area contributed by atoms with E-state index in [0.29, 0.717) is 5.69 Å². The number of thioether (sulfide) groups is 1. The molecule has 0 radical (unpaired) electrons. The number of amides is 1. The van der Waals surface area contributed by atoms with E-state index in [1.54, 1.807) is 59.5 Å². The van der Waals surface area contributed by atoms with E-state index < -0.39 is 0 Å². The van der Waals surface area contributed by atoms with Gasteiger partial charge in [0.05, 0.1) is 4.21 Å². The molecule has 3 aromatic rings. The number of aromatic nitrogens is 2. The first-order valence-electron chi connectivity index (χ1n) is 9.61. The molecule has 0 bridgehead atoms. The number of rotatable bonds is 7. The van der Waals surface area contributed by atoms with Gasteiger partial charge in [-0.1, -0.05) is 12.1 Å². The van der Waals surface area contributed by atoms with E-state index in [1.165, 1.54) is 11.1 Å². The van der Waals surface area contributed by atoms with Crippen molar-refractivity contribution in [2.45, 2.75) is 11.1 Å². The monoisotopic (exact) mass is 456 g/mol. The SMILES string of the molecule is CC(=O)Nc1ccc(/C=c2\[nH]c(=O)/c(=C/c3ccc(SCCN(C)C)s3)[nH]c2=O)cc1. The first kappa shape index (κ1) is 22.8. The molecule has 0 saturated heterocycles. The van der Waals surface area contributed by atoms with Gasteiger partial charge in [-0.2, -0.15) is 0 Å². The van der Waals surface area contributed by atoms with E-state index in [0.717, 1.165) is 22.7 Å². The average molecular weight is 457 g/mol. The summed E-state index contributed by atoms with van der Waals surface area (Å²) in [5.41, 5.74) is 0.640. The minimum absolute atomic E-state index is 0.158. The fourth-order valence-electron chi connectivity index (χ4n) is 2.69. The van der Waals surface area contributed by atoms with Gasteiger partial charge >= 0.3 is 0 Å². The van der Waals surface area contributed by atoms with Gasteiger partial charge < -0.3 is 20.2 Å². The smallest absolute Gasteiger partial charge is 0.272 e. The van der Waals surface area contributed by atoms with Gasteiger partial charge in [0.1, 0.15) is 10.7 Å². The summed E-state index contributed by atoms with van der Waals surface area (Å²) in [5.74, 6) is 0.829. The average Bonchev–Trinajstić information content (AvgIpc) is 3.14. The summed E-state index contributed by atoms with van der Waals surface area (Å²) in [7, 11) is 4.08. The number of H-pyrrole nitrogens is 2. The van der Waals surface area contributed by atoms with Crippen LogP contribution in [0.3, 0.4) is 0 Å². The Bertz CT molecular complexity index is 1290. The molecule has 0 aliphatic heterocycles. The third-order valence-electron chi connectivity index (χ3n) is 4.20. The van der Waals surface area contributed by atoms with Crippen LogP contribution in [0.2, 0.25) is 0 Å². The third kappa shape index (κ3) is 6.81. The van der Waals surface area contributed by atoms with Crippen molar-refractivity contribution in [3.05, 3.63) is 78.2 Å². The van der Waals surface area contributed by atoms with Crippen molar-refractivity contribution < 1.29 is 4.79 Å². The highest BCUT2D eigenvalue weighted by molar-refractivity contribution is 8.01. The molecule has 2 aromatic heterocycles. The molecule has 3 N–H and O–H groups in total. The molecule has 9 heteroatoms. The molecule has 1 amide bonds. The van der Waals surface area contributed by atoms with Gasteiger partial charge in [-0.25, -0.2) is 0 Å². The fraction of sp³-hybridized carbons (Fsp3) is 0.227. The van der Waals surface area contributed by atoms with Crippen LogP contribution in [0.1, 0.15) is 17.4 Å². The Morgan fingerprint density at radius 1 is 1.03 bits per heavy atom. The molecule has 0 saturated carbocycles. The number of hydrogen-bond acceptors (Lipinski definition) is 6. The van der Waals surface area contributed by atoms with E-state index >= 15 is 0 Å². The Hall–Kier alpha value is -2.88. The summed E-state index contributed by atoms with van der Waals surface area (Å²) in [6.07, 6.45) is 3.28. The van der Waals surface area contributed by atoms with Crippen LogP contribution in [0.25, 0.3) is 12.2 Å². The quantitative estimate of drug-likeness (QED) is 0.467. The molecule has 0 aliphatic rings. The zero-order valence-electron chi connectivity index (χ0n) is 17.5. The highest BCUT2D eigenvalue weighted by atomic mass is 32.2. The van der Waals surface area contributed by atoms with Gasteiger partial charge in [-0.05, 0) is 56.1 Å². The lowest BCUT2D eigenvalue weighted by molar-refractivity contribution is -0.114. The second-order valence-corrected chi connectivity index (χ2v) is 9.65. The zero-order valence-corrected chi connectivity index (χ0v) is 19.2. The Morgan fingerprint density at radius 2 is 1.68 bits per heavy atom. The molecule has 1 aromatic carbocycles. The van der Waals surface area contributed by atoms with Crippen molar-refractivity contribution in [1.29, 1.82) is 0 Å². The van der Waals surface area contributed by atoms with Crippen molar-refractivity contribution in [3.8, 4) is 0 Å². The molecular formula is C22H24N4O3S2. The Kier molecular flexibility index (Phi) is 7.67. The van der Waals surface area contributed by atoms with E-state index in [2.05, 4.69) is 20.2 Å². The van der Waals surface area contributed by atoms with Gasteiger partial charge in [0.2, 0.25) is 5.91 Å². The summed E-state index contributed by atoms with van der Waals surface area (Å²) in [4.78, 5) is 44.4. The molecule has 0 aliphatic carbocycles. The topological polar surface area (TPSA) is 98.1 Å². The van der Waals surface area contributed by atoms with Crippen LogP contribution in [0.15, 0.2) is 50.2 Å². The molecular weight excluding hydrogens is 432 g/mol. The minimum Gasteiger partial charge on any atom is -0.326 e. The van der Waals surface area contributed by atoms with Crippen molar-refractivity contribution in [2.75, 3.05) is 31.7 Å². The normalized spacial score (nSPS) is 12.5. The van der Waals surface area contributed by atoms with Crippen molar-refractivity contribution in [2.24, 2.45) is 0 Å². The predicted octanol–water partition coefficient (Wildman–Crippen LogP) is 1.39. The Balaban J connectivity index is 1.83. The largest absolute Gasteiger partial charge is 0.326 e. The van der Waals surface area contributed by atoms with Gasteiger partial charge in [0, 0.05) is 29.8 Å². The maximum atomic E-state index is 12.5. The molecule has 0 unspecified atom stereocenters. The number of anilines is 1. The van der Waals surface area contributed by atoms with Crippen LogP contribution in [-0.4, -0.2) is 47.2 Å². The van der Waals surface area contributed by atoms with Crippen LogP contribution < -0.4 is 27.1 Å². The van der Waals surface area contributed by atoms with Crippen LogP contribution >= 0.6 is 23.1 Å². The van der Waals surface area contributed by atoms with Gasteiger partial charge in [-0.3, -0.25) is 14.4 Å². The van der Waals surface area contributed by atoms with Gasteiger partial charge in [0.25, 0.3) is 11.1 Å². The van der Waals surface area contributed by atoms with Crippen molar-refractivity contribution in [1.82, 2.24) is 14.9 Å². The second-order valence-electron chi connectivity index (χ2n) is 7.14.